The van der Waals surface area contributed by atoms with Gasteiger partial charge in [-0.25, -0.2) is 0 Å². The third-order valence-corrected chi connectivity index (χ3v) is 5.07. The number of thiocarbonyl (C=S) groups is 1. The first-order chi connectivity index (χ1) is 13.9. The fourth-order valence-corrected chi connectivity index (χ4v) is 3.39. The highest BCUT2D eigenvalue weighted by atomic mass is 79.9. The van der Waals surface area contributed by atoms with Crippen LogP contribution in [0.2, 0.25) is 5.02 Å². The van der Waals surface area contributed by atoms with Crippen molar-refractivity contribution in [1.29, 1.82) is 0 Å². The Hall–Kier alpha value is -2.74. The van der Waals surface area contributed by atoms with Gasteiger partial charge in [0.1, 0.15) is 0 Å². The molecule has 0 spiro atoms. The van der Waals surface area contributed by atoms with Crippen LogP contribution in [0.25, 0.3) is 0 Å². The monoisotopic (exact) mass is 487 g/mol. The molecule has 0 saturated heterocycles. The highest BCUT2D eigenvalue weighted by molar-refractivity contribution is 9.10. The third kappa shape index (κ3) is 5.63. The van der Waals surface area contributed by atoms with Gasteiger partial charge in [0.2, 0.25) is 0 Å². The van der Waals surface area contributed by atoms with Crippen molar-refractivity contribution >= 4 is 68.1 Å². The van der Waals surface area contributed by atoms with Gasteiger partial charge >= 0.3 is 0 Å². The molecule has 3 aromatic carbocycles. The molecule has 5 nitrogen and oxygen atoms in total. The summed E-state index contributed by atoms with van der Waals surface area (Å²) in [5.74, 6) is -0.657. The van der Waals surface area contributed by atoms with Gasteiger partial charge in [-0.3, -0.25) is 14.9 Å². The molecule has 0 saturated carbocycles. The Labute approximate surface area is 186 Å². The van der Waals surface area contributed by atoms with Crippen LogP contribution in [0.4, 0.5) is 11.4 Å². The van der Waals surface area contributed by atoms with Crippen molar-refractivity contribution in [1.82, 2.24) is 5.32 Å². The summed E-state index contributed by atoms with van der Waals surface area (Å²) in [5.41, 5.74) is 2.01. The molecule has 146 valence electrons. The first-order valence-electron chi connectivity index (χ1n) is 8.47. The standard InChI is InChI=1S/C21H15BrClN3O2S/c22-17-10-3-1-8-15(17)19(27)26-21(29)25-14-7-5-6-13(12-14)24-20(28)16-9-2-4-11-18(16)23/h1-12H,(H,24,28)(H2,25,26,27,29). The van der Waals surface area contributed by atoms with E-state index in [9.17, 15) is 9.59 Å². The number of halogens is 2. The highest BCUT2D eigenvalue weighted by Crippen LogP contribution is 2.20. The predicted molar refractivity (Wildman–Crippen MR) is 124 cm³/mol. The van der Waals surface area contributed by atoms with Crippen molar-refractivity contribution in [2.75, 3.05) is 10.6 Å². The molecule has 3 rings (SSSR count). The van der Waals surface area contributed by atoms with Crippen LogP contribution in [-0.2, 0) is 0 Å². The van der Waals surface area contributed by atoms with E-state index < -0.39 is 0 Å². The second-order valence-electron chi connectivity index (χ2n) is 5.90. The van der Waals surface area contributed by atoms with Gasteiger partial charge in [-0.1, -0.05) is 41.9 Å². The molecule has 0 bridgehead atoms. The lowest BCUT2D eigenvalue weighted by Crippen LogP contribution is -2.34. The van der Waals surface area contributed by atoms with Crippen LogP contribution in [-0.4, -0.2) is 16.9 Å². The minimum Gasteiger partial charge on any atom is -0.332 e. The lowest BCUT2D eigenvalue weighted by atomic mass is 10.2. The number of nitrogens with one attached hydrogen (secondary N) is 3. The summed E-state index contributed by atoms with van der Waals surface area (Å²) in [4.78, 5) is 24.7. The van der Waals surface area contributed by atoms with E-state index in [4.69, 9.17) is 23.8 Å². The van der Waals surface area contributed by atoms with E-state index in [1.165, 1.54) is 0 Å². The zero-order chi connectivity index (χ0) is 20.8. The number of amides is 2. The summed E-state index contributed by atoms with van der Waals surface area (Å²) in [6.45, 7) is 0. The highest BCUT2D eigenvalue weighted by Gasteiger charge is 2.12. The Balaban J connectivity index is 1.64. The Morgan fingerprint density at radius 2 is 1.41 bits per heavy atom. The lowest BCUT2D eigenvalue weighted by molar-refractivity contribution is 0.0975. The van der Waals surface area contributed by atoms with Crippen LogP contribution in [0.5, 0.6) is 0 Å². The van der Waals surface area contributed by atoms with Crippen LogP contribution in [0, 0.1) is 0 Å². The largest absolute Gasteiger partial charge is 0.332 e. The van der Waals surface area contributed by atoms with E-state index in [1.807, 2.05) is 6.07 Å². The first kappa shape index (κ1) is 21.0. The molecule has 0 aliphatic rings. The van der Waals surface area contributed by atoms with Gasteiger partial charge in [0.15, 0.2) is 5.11 Å². The average Bonchev–Trinajstić information content (AvgIpc) is 2.68. The van der Waals surface area contributed by atoms with Crippen LogP contribution in [0.3, 0.4) is 0 Å². The molecule has 0 aliphatic heterocycles. The summed E-state index contributed by atoms with van der Waals surface area (Å²) in [6, 6.07) is 20.8. The van der Waals surface area contributed by atoms with Crippen LogP contribution >= 0.6 is 39.7 Å². The van der Waals surface area contributed by atoms with E-state index in [-0.39, 0.29) is 16.9 Å². The Bertz CT molecular complexity index is 1090. The molecule has 0 heterocycles. The predicted octanol–water partition coefficient (Wildman–Crippen LogP) is 5.48. The molecular weight excluding hydrogens is 474 g/mol. The van der Waals surface area contributed by atoms with Crippen molar-refractivity contribution in [3.63, 3.8) is 0 Å². The van der Waals surface area contributed by atoms with Crippen LogP contribution in [0.15, 0.2) is 77.3 Å². The molecule has 3 N–H and O–H groups in total. The maximum Gasteiger partial charge on any atom is 0.258 e. The van der Waals surface area contributed by atoms with E-state index in [0.29, 0.717) is 32.0 Å². The van der Waals surface area contributed by atoms with Gasteiger partial charge in [0.05, 0.1) is 16.1 Å². The van der Waals surface area contributed by atoms with E-state index in [2.05, 4.69) is 31.9 Å². The number of benzene rings is 3. The molecule has 8 heteroatoms. The van der Waals surface area contributed by atoms with E-state index in [1.54, 1.807) is 66.7 Å². The molecule has 0 atom stereocenters. The van der Waals surface area contributed by atoms with Crippen LogP contribution in [0.1, 0.15) is 20.7 Å². The maximum absolute atomic E-state index is 12.4. The minimum atomic E-state index is -0.335. The minimum absolute atomic E-state index is 0.139. The van der Waals surface area contributed by atoms with Crippen molar-refractivity contribution in [3.05, 3.63) is 93.4 Å². The molecule has 2 amide bonds. The zero-order valence-electron chi connectivity index (χ0n) is 14.9. The molecular formula is C21H15BrClN3O2S. The van der Waals surface area contributed by atoms with Crippen molar-refractivity contribution in [2.45, 2.75) is 0 Å². The number of hydrogen-bond donors (Lipinski definition) is 3. The van der Waals surface area contributed by atoms with Gasteiger partial charge in [-0.05, 0) is 70.6 Å². The van der Waals surface area contributed by atoms with Gasteiger partial charge in [-0.2, -0.15) is 0 Å². The Kier molecular flexibility index (Phi) is 6.98. The van der Waals surface area contributed by atoms with Gasteiger partial charge in [-0.15, -0.1) is 0 Å². The number of hydrogen-bond acceptors (Lipinski definition) is 3. The topological polar surface area (TPSA) is 70.2 Å². The molecule has 29 heavy (non-hydrogen) atoms. The lowest BCUT2D eigenvalue weighted by Gasteiger charge is -2.12. The second-order valence-corrected chi connectivity index (χ2v) is 7.57. The molecule has 0 unspecified atom stereocenters. The first-order valence-corrected chi connectivity index (χ1v) is 10.0. The average molecular weight is 489 g/mol. The number of anilines is 2. The molecule has 0 radical (unpaired) electrons. The second kappa shape index (κ2) is 9.65. The molecule has 0 fully saturated rings. The fourth-order valence-electron chi connectivity index (χ4n) is 2.50. The maximum atomic E-state index is 12.4. The molecule has 3 aromatic rings. The normalized spacial score (nSPS) is 10.1. The SMILES string of the molecule is O=C(Nc1cccc(NC(=S)NC(=O)c2ccccc2Br)c1)c1ccccc1Cl. The summed E-state index contributed by atoms with van der Waals surface area (Å²) < 4.78 is 0.671. The van der Waals surface area contributed by atoms with Gasteiger partial charge in [0.25, 0.3) is 11.8 Å². The van der Waals surface area contributed by atoms with Crippen molar-refractivity contribution in [3.8, 4) is 0 Å². The fraction of sp³-hybridized carbons (Fsp3) is 0. The number of carbonyl (C=O) groups is 2. The van der Waals surface area contributed by atoms with E-state index in [0.717, 1.165) is 0 Å². The Morgan fingerprint density at radius 3 is 2.10 bits per heavy atom. The summed E-state index contributed by atoms with van der Waals surface area (Å²) in [7, 11) is 0. The van der Waals surface area contributed by atoms with Gasteiger partial charge in [0, 0.05) is 15.8 Å². The number of carbonyl (C=O) groups excluding carboxylic acids is 2. The summed E-state index contributed by atoms with van der Waals surface area (Å²) in [6.07, 6.45) is 0. The van der Waals surface area contributed by atoms with Crippen molar-refractivity contribution in [2.24, 2.45) is 0 Å². The zero-order valence-corrected chi connectivity index (χ0v) is 18.1. The quantitative estimate of drug-likeness (QED) is 0.425. The third-order valence-electron chi connectivity index (χ3n) is 3.84. The molecule has 0 aromatic heterocycles. The Morgan fingerprint density at radius 1 is 0.793 bits per heavy atom. The summed E-state index contributed by atoms with van der Waals surface area (Å²) >= 11 is 14.6. The van der Waals surface area contributed by atoms with Gasteiger partial charge < -0.3 is 10.6 Å². The summed E-state index contributed by atoms with van der Waals surface area (Å²) in [5, 5.41) is 8.86. The van der Waals surface area contributed by atoms with Crippen LogP contribution < -0.4 is 16.0 Å². The molecule has 0 aliphatic carbocycles. The van der Waals surface area contributed by atoms with Crippen molar-refractivity contribution < 1.29 is 9.59 Å². The van der Waals surface area contributed by atoms with E-state index >= 15 is 0 Å². The number of rotatable bonds is 4. The smallest absolute Gasteiger partial charge is 0.258 e.